The van der Waals surface area contributed by atoms with Crippen molar-refractivity contribution in [3.05, 3.63) is 90.3 Å². The lowest BCUT2D eigenvalue weighted by Gasteiger charge is -2.11. The quantitative estimate of drug-likeness (QED) is 0.179. The van der Waals surface area contributed by atoms with Gasteiger partial charge < -0.3 is 10.1 Å². The molecule has 3 aromatic rings. The van der Waals surface area contributed by atoms with E-state index in [1.807, 2.05) is 24.3 Å². The van der Waals surface area contributed by atoms with E-state index in [4.69, 9.17) is 10.00 Å². The van der Waals surface area contributed by atoms with E-state index in [1.165, 1.54) is 30.5 Å². The smallest absolute Gasteiger partial charge is 0.240 e. The van der Waals surface area contributed by atoms with Crippen LogP contribution in [0.25, 0.3) is 0 Å². The predicted octanol–water partition coefficient (Wildman–Crippen LogP) is 5.35. The summed E-state index contributed by atoms with van der Waals surface area (Å²) in [6.45, 7) is 0.371. The van der Waals surface area contributed by atoms with Crippen molar-refractivity contribution in [2.75, 3.05) is 5.32 Å². The fraction of sp³-hybridized carbons (Fsp3) is 0.120. The largest absolute Gasteiger partial charge is 0.487 e. The molecule has 0 aromatic heterocycles. The van der Waals surface area contributed by atoms with Crippen LogP contribution in [0.2, 0.25) is 0 Å². The minimum atomic E-state index is -0.401. The number of hydrogen-bond acceptors (Lipinski definition) is 5. The fourth-order valence-corrected chi connectivity index (χ4v) is 4.97. The first-order valence-corrected chi connectivity index (χ1v) is 12.5. The highest BCUT2D eigenvalue weighted by Crippen LogP contribution is 2.29. The molecule has 35 heavy (non-hydrogen) atoms. The molecule has 0 heterocycles. The highest BCUT2D eigenvalue weighted by atomic mass is 127. The van der Waals surface area contributed by atoms with E-state index in [1.54, 1.807) is 12.1 Å². The van der Waals surface area contributed by atoms with Gasteiger partial charge in [0.1, 0.15) is 18.2 Å². The van der Waals surface area contributed by atoms with Crippen molar-refractivity contribution in [1.29, 1.82) is 5.26 Å². The number of nitriles is 1. The van der Waals surface area contributed by atoms with Crippen LogP contribution < -0.4 is 15.5 Å². The molecule has 0 bridgehead atoms. The maximum atomic E-state index is 12.9. The molecular formula is C25H19FI2N4O3. The van der Waals surface area contributed by atoms with Crippen LogP contribution in [0.3, 0.4) is 0 Å². The van der Waals surface area contributed by atoms with Gasteiger partial charge in [0.15, 0.2) is 0 Å². The molecule has 3 aromatic carbocycles. The van der Waals surface area contributed by atoms with Crippen LogP contribution in [0.15, 0.2) is 65.8 Å². The molecule has 0 radical (unpaired) electrons. The van der Waals surface area contributed by atoms with Crippen LogP contribution in [0.5, 0.6) is 5.75 Å². The normalized spacial score (nSPS) is 10.6. The Bertz CT molecular complexity index is 1250. The van der Waals surface area contributed by atoms with Crippen molar-refractivity contribution in [3.8, 4) is 11.8 Å². The van der Waals surface area contributed by atoms with Crippen LogP contribution in [0, 0.1) is 24.3 Å². The summed E-state index contributed by atoms with van der Waals surface area (Å²) >= 11 is 4.35. The van der Waals surface area contributed by atoms with E-state index in [2.05, 4.69) is 67.1 Å². The number of nitrogens with zero attached hydrogens (tertiary/aromatic N) is 2. The Labute approximate surface area is 229 Å². The molecule has 7 nitrogen and oxygen atoms in total. The first kappa shape index (κ1) is 26.6. The van der Waals surface area contributed by atoms with Gasteiger partial charge in [-0.2, -0.15) is 10.4 Å². The van der Waals surface area contributed by atoms with E-state index in [0.717, 1.165) is 24.0 Å². The number of anilines is 1. The zero-order chi connectivity index (χ0) is 25.2. The molecule has 178 valence electrons. The molecule has 0 saturated heterocycles. The number of ether oxygens (including phenoxy) is 1. The van der Waals surface area contributed by atoms with Crippen LogP contribution in [-0.2, 0) is 16.2 Å². The zero-order valence-electron chi connectivity index (χ0n) is 18.2. The summed E-state index contributed by atoms with van der Waals surface area (Å²) < 4.78 is 20.6. The second-order valence-corrected chi connectivity index (χ2v) is 9.58. The number of hydrazone groups is 1. The zero-order valence-corrected chi connectivity index (χ0v) is 22.5. The lowest BCUT2D eigenvalue weighted by atomic mass is 10.1. The SMILES string of the molecule is N#Cc1ccc(COc2c(I)cc(C=NNC(=O)CCC(=O)Nc3ccc(F)cc3)cc2I)cc1. The summed E-state index contributed by atoms with van der Waals surface area (Å²) in [5.41, 5.74) is 5.20. The van der Waals surface area contributed by atoms with Crippen molar-refractivity contribution in [1.82, 2.24) is 5.43 Å². The Balaban J connectivity index is 1.47. The molecule has 3 rings (SSSR count). The number of amides is 2. The van der Waals surface area contributed by atoms with E-state index >= 15 is 0 Å². The van der Waals surface area contributed by atoms with Crippen LogP contribution in [0.1, 0.15) is 29.5 Å². The Hall–Kier alpha value is -3.05. The number of rotatable bonds is 9. The number of benzene rings is 3. The average molecular weight is 696 g/mol. The third-order valence-electron chi connectivity index (χ3n) is 4.60. The summed E-state index contributed by atoms with van der Waals surface area (Å²) in [7, 11) is 0. The Morgan fingerprint density at radius 2 is 1.63 bits per heavy atom. The molecule has 0 aliphatic rings. The van der Waals surface area contributed by atoms with Gasteiger partial charge in [-0.1, -0.05) is 12.1 Å². The van der Waals surface area contributed by atoms with Gasteiger partial charge in [-0.05, 0) is 105 Å². The molecule has 2 amide bonds. The van der Waals surface area contributed by atoms with Crippen molar-refractivity contribution in [2.24, 2.45) is 5.10 Å². The Morgan fingerprint density at radius 3 is 2.26 bits per heavy atom. The lowest BCUT2D eigenvalue weighted by Crippen LogP contribution is -2.20. The van der Waals surface area contributed by atoms with Crippen molar-refractivity contribution in [2.45, 2.75) is 19.4 Å². The van der Waals surface area contributed by atoms with Crippen molar-refractivity contribution >= 4 is 68.9 Å². The molecule has 10 heteroatoms. The molecule has 0 aliphatic heterocycles. The number of halogens is 3. The summed E-state index contributed by atoms with van der Waals surface area (Å²) in [5, 5.41) is 15.5. The first-order chi connectivity index (χ1) is 16.8. The van der Waals surface area contributed by atoms with Crippen LogP contribution in [-0.4, -0.2) is 18.0 Å². The Morgan fingerprint density at radius 1 is 1.00 bits per heavy atom. The number of nitrogens with one attached hydrogen (secondary N) is 2. The van der Waals surface area contributed by atoms with Gasteiger partial charge in [-0.3, -0.25) is 9.59 Å². The molecular weight excluding hydrogens is 677 g/mol. The first-order valence-electron chi connectivity index (χ1n) is 10.3. The number of carbonyl (C=O) groups is 2. The predicted molar refractivity (Wildman–Crippen MR) is 147 cm³/mol. The Kier molecular flexibility index (Phi) is 9.98. The molecule has 0 spiro atoms. The van der Waals surface area contributed by atoms with E-state index in [9.17, 15) is 14.0 Å². The fourth-order valence-electron chi connectivity index (χ4n) is 2.84. The number of hydrogen-bond donors (Lipinski definition) is 2. The molecule has 0 aliphatic carbocycles. The van der Waals surface area contributed by atoms with Gasteiger partial charge in [-0.15, -0.1) is 0 Å². The minimum Gasteiger partial charge on any atom is -0.487 e. The molecule has 2 N–H and O–H groups in total. The standard InChI is InChI=1S/C25H19FI2N4O3/c26-19-5-7-20(8-6-19)31-23(33)9-10-24(34)32-30-14-18-11-21(27)25(22(28)12-18)35-15-17-3-1-16(13-29)2-4-17/h1-8,11-12,14H,9-10,15H2,(H,31,33)(H,32,34). The highest BCUT2D eigenvalue weighted by molar-refractivity contribution is 14.1. The summed E-state index contributed by atoms with van der Waals surface area (Å²) in [4.78, 5) is 23.9. The number of carbonyl (C=O) groups excluding carboxylic acids is 2. The second kappa shape index (κ2) is 13.1. The van der Waals surface area contributed by atoms with E-state index < -0.39 is 11.7 Å². The maximum Gasteiger partial charge on any atom is 0.240 e. The highest BCUT2D eigenvalue weighted by Gasteiger charge is 2.10. The van der Waals surface area contributed by atoms with Crippen LogP contribution >= 0.6 is 45.2 Å². The molecule has 0 fully saturated rings. The summed E-state index contributed by atoms with van der Waals surface area (Å²) in [5.74, 6) is -0.405. The molecule has 0 atom stereocenters. The third kappa shape index (κ3) is 8.59. The van der Waals surface area contributed by atoms with Crippen molar-refractivity contribution in [3.63, 3.8) is 0 Å². The van der Waals surface area contributed by atoms with E-state index in [-0.39, 0.29) is 18.7 Å². The van der Waals surface area contributed by atoms with Gasteiger partial charge in [0, 0.05) is 18.5 Å². The summed E-state index contributed by atoms with van der Waals surface area (Å²) in [6.07, 6.45) is 1.45. The third-order valence-corrected chi connectivity index (χ3v) is 6.20. The van der Waals surface area contributed by atoms with Gasteiger partial charge in [0.05, 0.1) is 25.0 Å². The molecule has 0 saturated carbocycles. The minimum absolute atomic E-state index is 0.0280. The van der Waals surface area contributed by atoms with E-state index in [0.29, 0.717) is 17.9 Å². The topological polar surface area (TPSA) is 104 Å². The van der Waals surface area contributed by atoms with Crippen molar-refractivity contribution < 1.29 is 18.7 Å². The van der Waals surface area contributed by atoms with Gasteiger partial charge in [-0.25, -0.2) is 9.82 Å². The maximum absolute atomic E-state index is 12.9. The second-order valence-electron chi connectivity index (χ2n) is 7.26. The summed E-state index contributed by atoms with van der Waals surface area (Å²) in [6, 6.07) is 18.4. The molecule has 0 unspecified atom stereocenters. The lowest BCUT2D eigenvalue weighted by molar-refractivity contribution is -0.124. The monoisotopic (exact) mass is 696 g/mol. The van der Waals surface area contributed by atoms with Gasteiger partial charge in [0.25, 0.3) is 0 Å². The van der Waals surface area contributed by atoms with Gasteiger partial charge in [0.2, 0.25) is 11.8 Å². The van der Waals surface area contributed by atoms with Gasteiger partial charge >= 0.3 is 0 Å². The average Bonchev–Trinajstić information content (AvgIpc) is 2.84. The van der Waals surface area contributed by atoms with Crippen LogP contribution in [0.4, 0.5) is 10.1 Å².